The average molecular weight is 217 g/mol. The van der Waals surface area contributed by atoms with Crippen molar-refractivity contribution >= 4 is 5.97 Å². The average Bonchev–Trinajstić information content (AvgIpc) is 2.15. The Balaban J connectivity index is 0.00000169. The summed E-state index contributed by atoms with van der Waals surface area (Å²) in [5, 5.41) is 10.4. The molecule has 0 aliphatic heterocycles. The number of carbonyl (C=O) groups is 1. The molecule has 0 aromatic carbocycles. The molecule has 0 N–H and O–H groups in total. The number of carboxylic acids is 1. The van der Waals surface area contributed by atoms with Crippen molar-refractivity contribution in [1.82, 2.24) is 4.98 Å². The van der Waals surface area contributed by atoms with Crippen molar-refractivity contribution in [3.63, 3.8) is 0 Å². The minimum absolute atomic E-state index is 0. The fraction of sp³-hybridized carbons (Fsp3) is 0.400. The van der Waals surface area contributed by atoms with Gasteiger partial charge in [0.25, 0.3) is 0 Å². The number of aromatic nitrogens is 1. The summed E-state index contributed by atoms with van der Waals surface area (Å²) in [5.74, 6) is -1.22. The van der Waals surface area contributed by atoms with Gasteiger partial charge >= 0.3 is 51.4 Å². The van der Waals surface area contributed by atoms with E-state index in [9.17, 15) is 9.90 Å². The standard InChI is InChI=1S/C10H13NO2.K/c1-2-3-4-8-5-6-9(10(12)13)11-7-8;/h5-7H,2-4H2,1H3,(H,12,13);/q;+1/p-1. The zero-order valence-corrected chi connectivity index (χ0v) is 11.7. The van der Waals surface area contributed by atoms with Crippen LogP contribution in [0.1, 0.15) is 35.8 Å². The van der Waals surface area contributed by atoms with Crippen molar-refractivity contribution in [2.75, 3.05) is 0 Å². The molecule has 0 amide bonds. The van der Waals surface area contributed by atoms with Gasteiger partial charge in [0.1, 0.15) is 0 Å². The molecule has 14 heavy (non-hydrogen) atoms. The van der Waals surface area contributed by atoms with E-state index in [2.05, 4.69) is 11.9 Å². The van der Waals surface area contributed by atoms with Crippen LogP contribution in [0.25, 0.3) is 0 Å². The summed E-state index contributed by atoms with van der Waals surface area (Å²) in [4.78, 5) is 14.1. The van der Waals surface area contributed by atoms with E-state index < -0.39 is 5.97 Å². The summed E-state index contributed by atoms with van der Waals surface area (Å²) in [5.41, 5.74) is 1.08. The van der Waals surface area contributed by atoms with Gasteiger partial charge in [-0.2, -0.15) is 0 Å². The van der Waals surface area contributed by atoms with E-state index in [1.807, 2.05) is 0 Å². The SMILES string of the molecule is CCCCc1ccc(C(=O)[O-])nc1.[K+]. The molecule has 0 unspecified atom stereocenters. The molecule has 0 saturated heterocycles. The topological polar surface area (TPSA) is 53.0 Å². The van der Waals surface area contributed by atoms with Crippen LogP contribution in [0.3, 0.4) is 0 Å². The van der Waals surface area contributed by atoms with Crippen LogP contribution in [0.15, 0.2) is 18.3 Å². The number of carboxylic acid groups (broad SMARTS) is 1. The maximum atomic E-state index is 10.4. The van der Waals surface area contributed by atoms with Crippen molar-refractivity contribution < 1.29 is 61.3 Å². The zero-order chi connectivity index (χ0) is 9.68. The molecule has 0 aliphatic carbocycles. The molecule has 0 bridgehead atoms. The first-order valence-electron chi connectivity index (χ1n) is 4.40. The Morgan fingerprint density at radius 2 is 2.21 bits per heavy atom. The normalized spacial score (nSPS) is 9.21. The van der Waals surface area contributed by atoms with E-state index in [0.717, 1.165) is 24.8 Å². The van der Waals surface area contributed by atoms with E-state index >= 15 is 0 Å². The van der Waals surface area contributed by atoms with Crippen molar-refractivity contribution in [3.05, 3.63) is 29.6 Å². The second-order valence-electron chi connectivity index (χ2n) is 2.94. The summed E-state index contributed by atoms with van der Waals surface area (Å²) in [6.45, 7) is 2.11. The zero-order valence-electron chi connectivity index (χ0n) is 8.62. The van der Waals surface area contributed by atoms with E-state index in [1.54, 1.807) is 12.3 Å². The molecular weight excluding hydrogens is 205 g/mol. The van der Waals surface area contributed by atoms with Gasteiger partial charge in [-0.1, -0.05) is 19.4 Å². The van der Waals surface area contributed by atoms with Crippen LogP contribution in [0.5, 0.6) is 0 Å². The summed E-state index contributed by atoms with van der Waals surface area (Å²) < 4.78 is 0. The first kappa shape index (κ1) is 14.3. The van der Waals surface area contributed by atoms with Crippen molar-refractivity contribution in [2.24, 2.45) is 0 Å². The number of carbonyl (C=O) groups excluding carboxylic acids is 1. The third kappa shape index (κ3) is 4.66. The van der Waals surface area contributed by atoms with Gasteiger partial charge in [-0.05, 0) is 24.5 Å². The van der Waals surface area contributed by atoms with Crippen LogP contribution in [0.2, 0.25) is 0 Å². The Bertz CT molecular complexity index is 285. The quantitative estimate of drug-likeness (QED) is 0.537. The Morgan fingerprint density at radius 3 is 2.64 bits per heavy atom. The molecule has 0 saturated carbocycles. The van der Waals surface area contributed by atoms with Gasteiger partial charge in [0.15, 0.2) is 0 Å². The number of pyridine rings is 1. The molecule has 1 heterocycles. The fourth-order valence-electron chi connectivity index (χ4n) is 1.07. The van der Waals surface area contributed by atoms with Crippen LogP contribution in [0.4, 0.5) is 0 Å². The van der Waals surface area contributed by atoms with Gasteiger partial charge in [0, 0.05) is 6.20 Å². The van der Waals surface area contributed by atoms with E-state index in [4.69, 9.17) is 0 Å². The van der Waals surface area contributed by atoms with Gasteiger partial charge in [-0.25, -0.2) is 0 Å². The number of rotatable bonds is 4. The van der Waals surface area contributed by atoms with Crippen molar-refractivity contribution in [1.29, 1.82) is 0 Å². The van der Waals surface area contributed by atoms with Crippen LogP contribution in [-0.4, -0.2) is 11.0 Å². The Kier molecular flexibility index (Phi) is 7.67. The van der Waals surface area contributed by atoms with Crippen LogP contribution >= 0.6 is 0 Å². The first-order chi connectivity index (χ1) is 6.24. The van der Waals surface area contributed by atoms with Crippen LogP contribution in [-0.2, 0) is 6.42 Å². The number of aryl methyl sites for hydroxylation is 1. The van der Waals surface area contributed by atoms with Gasteiger partial charge in [0.05, 0.1) is 11.7 Å². The molecular formula is C10H12KNO2. The van der Waals surface area contributed by atoms with Crippen LogP contribution in [0, 0.1) is 0 Å². The molecule has 3 nitrogen and oxygen atoms in total. The monoisotopic (exact) mass is 217 g/mol. The third-order valence-electron chi connectivity index (χ3n) is 1.85. The van der Waals surface area contributed by atoms with Crippen LogP contribution < -0.4 is 56.5 Å². The minimum atomic E-state index is -1.22. The minimum Gasteiger partial charge on any atom is -0.543 e. The molecule has 70 valence electrons. The molecule has 1 aromatic heterocycles. The second kappa shape index (κ2) is 7.54. The van der Waals surface area contributed by atoms with Gasteiger partial charge < -0.3 is 9.90 Å². The van der Waals surface area contributed by atoms with E-state index in [-0.39, 0.29) is 57.1 Å². The predicted octanol–water partition coefficient (Wildman–Crippen LogP) is -2.21. The van der Waals surface area contributed by atoms with Gasteiger partial charge in [-0.3, -0.25) is 4.98 Å². The molecule has 0 aliphatic rings. The molecule has 0 radical (unpaired) electrons. The largest absolute Gasteiger partial charge is 1.00 e. The molecule has 1 aromatic rings. The number of hydrogen-bond donors (Lipinski definition) is 0. The van der Waals surface area contributed by atoms with Crippen molar-refractivity contribution in [2.45, 2.75) is 26.2 Å². The Morgan fingerprint density at radius 1 is 1.50 bits per heavy atom. The molecule has 4 heteroatoms. The fourth-order valence-corrected chi connectivity index (χ4v) is 1.07. The molecule has 1 rings (SSSR count). The summed E-state index contributed by atoms with van der Waals surface area (Å²) in [6.07, 6.45) is 4.78. The Hall–Kier alpha value is 0.256. The number of unbranched alkanes of at least 4 members (excludes halogenated alkanes) is 1. The summed E-state index contributed by atoms with van der Waals surface area (Å²) in [6, 6.07) is 3.27. The number of nitrogens with zero attached hydrogens (tertiary/aromatic N) is 1. The summed E-state index contributed by atoms with van der Waals surface area (Å²) in [7, 11) is 0. The van der Waals surface area contributed by atoms with Crippen molar-refractivity contribution in [3.8, 4) is 0 Å². The summed E-state index contributed by atoms with van der Waals surface area (Å²) >= 11 is 0. The third-order valence-corrected chi connectivity index (χ3v) is 1.85. The second-order valence-corrected chi connectivity index (χ2v) is 2.94. The first-order valence-corrected chi connectivity index (χ1v) is 4.40. The smallest absolute Gasteiger partial charge is 0.543 e. The maximum absolute atomic E-state index is 10.4. The Labute approximate surface area is 126 Å². The molecule has 0 spiro atoms. The number of hydrogen-bond acceptors (Lipinski definition) is 3. The van der Waals surface area contributed by atoms with Gasteiger partial charge in [0.2, 0.25) is 0 Å². The maximum Gasteiger partial charge on any atom is 1.00 e. The predicted molar refractivity (Wildman–Crippen MR) is 47.2 cm³/mol. The molecule has 0 fully saturated rings. The van der Waals surface area contributed by atoms with E-state index in [0.29, 0.717) is 0 Å². The van der Waals surface area contributed by atoms with E-state index in [1.165, 1.54) is 6.07 Å². The molecule has 0 atom stereocenters. The van der Waals surface area contributed by atoms with Gasteiger partial charge in [-0.15, -0.1) is 0 Å². The number of aromatic carboxylic acids is 1.